The van der Waals surface area contributed by atoms with E-state index in [0.29, 0.717) is 0 Å². The smallest absolute Gasteiger partial charge is 0.206 e. The first kappa shape index (κ1) is 13.6. The zero-order chi connectivity index (χ0) is 12.0. The highest BCUT2D eigenvalue weighted by Crippen LogP contribution is 2.51. The highest BCUT2D eigenvalue weighted by Gasteiger charge is 2.79. The Morgan fingerprint density at radius 2 is 0.857 bits per heavy atom. The van der Waals surface area contributed by atoms with Crippen LogP contribution in [0, 0.1) is 0 Å². The third-order valence-corrected chi connectivity index (χ3v) is 1.65. The molecule has 0 aromatic heterocycles. The van der Waals surface area contributed by atoms with Crippen molar-refractivity contribution in [2.24, 2.45) is 0 Å². The van der Waals surface area contributed by atoms with E-state index in [2.05, 4.69) is 0 Å². The van der Waals surface area contributed by atoms with Gasteiger partial charge in [-0.05, 0) is 0 Å². The molecule has 0 aliphatic heterocycles. The van der Waals surface area contributed by atoms with Crippen LogP contribution in [0.25, 0.3) is 0 Å². The minimum atomic E-state index is -6.76. The first-order chi connectivity index (χ1) is 5.75. The summed E-state index contributed by atoms with van der Waals surface area (Å²) >= 11 is 0. The van der Waals surface area contributed by atoms with Gasteiger partial charge in [0.1, 0.15) is 10.2 Å². The van der Waals surface area contributed by atoms with Crippen LogP contribution < -0.4 is 0 Å². The molecule has 0 fully saturated rings. The standard InChI is InChI=1S/C4H2F9Si/c5-1(6,3(9,10)11)2(7,8)4(12,13)14/h14H2. The number of hydrogen-bond acceptors (Lipinski definition) is 0. The second kappa shape index (κ2) is 3.04. The highest BCUT2D eigenvalue weighted by molar-refractivity contribution is 6.14. The first-order valence-corrected chi connectivity index (χ1v) is 3.51. The lowest BCUT2D eigenvalue weighted by Crippen LogP contribution is -2.61. The van der Waals surface area contributed by atoms with Crippen molar-refractivity contribution in [1.82, 2.24) is 0 Å². The molecule has 0 nitrogen and oxygen atoms in total. The molecule has 0 spiro atoms. The van der Waals surface area contributed by atoms with Gasteiger partial charge < -0.3 is 0 Å². The maximum absolute atomic E-state index is 12.0. The number of rotatable bonds is 2. The Labute approximate surface area is 74.5 Å². The van der Waals surface area contributed by atoms with Crippen molar-refractivity contribution in [2.75, 3.05) is 0 Å². The fourth-order valence-corrected chi connectivity index (χ4v) is 0.630. The first-order valence-electron chi connectivity index (χ1n) is 2.80. The summed E-state index contributed by atoms with van der Waals surface area (Å²) in [4.78, 5) is 0. The van der Waals surface area contributed by atoms with Crippen LogP contribution in [0.2, 0.25) is 0 Å². The summed E-state index contributed by atoms with van der Waals surface area (Å²) in [5.74, 6) is -13.2. The third kappa shape index (κ3) is 1.84. The van der Waals surface area contributed by atoms with E-state index in [-0.39, 0.29) is 0 Å². The summed E-state index contributed by atoms with van der Waals surface area (Å²) in [6, 6.07) is 0. The van der Waals surface area contributed by atoms with Gasteiger partial charge in [0.2, 0.25) is 0 Å². The molecule has 0 rings (SSSR count). The monoisotopic (exact) mass is 249 g/mol. The predicted octanol–water partition coefficient (Wildman–Crippen LogP) is 2.05. The van der Waals surface area contributed by atoms with E-state index in [4.69, 9.17) is 0 Å². The molecule has 0 heterocycles. The molecular formula is C4H2F9Si. The SMILES string of the molecule is FC(F)(F)C(F)(F)C(F)(F)C(F)(F)[SiH2]. The molecule has 0 bridgehead atoms. The van der Waals surface area contributed by atoms with Crippen LogP contribution in [-0.4, -0.2) is 33.8 Å². The van der Waals surface area contributed by atoms with Crippen molar-refractivity contribution >= 4 is 10.2 Å². The van der Waals surface area contributed by atoms with Crippen LogP contribution >= 0.6 is 0 Å². The number of alkyl halides is 9. The molecule has 0 saturated heterocycles. The second-order valence-electron chi connectivity index (χ2n) is 2.35. The zero-order valence-electron chi connectivity index (χ0n) is 6.11. The summed E-state index contributed by atoms with van der Waals surface area (Å²) in [6.45, 7) is 0. The van der Waals surface area contributed by atoms with Gasteiger partial charge >= 0.3 is 18.0 Å². The fourth-order valence-electron chi connectivity index (χ4n) is 0.408. The molecule has 0 aromatic rings. The highest BCUT2D eigenvalue weighted by atomic mass is 28.1. The molecule has 0 unspecified atom stereocenters. The van der Waals surface area contributed by atoms with Gasteiger partial charge in [-0.15, -0.1) is 0 Å². The minimum Gasteiger partial charge on any atom is -0.206 e. The van der Waals surface area contributed by atoms with Gasteiger partial charge in [0, 0.05) is 0 Å². The van der Waals surface area contributed by atoms with Crippen LogP contribution in [-0.2, 0) is 0 Å². The lowest BCUT2D eigenvalue weighted by molar-refractivity contribution is -0.382. The van der Waals surface area contributed by atoms with Crippen LogP contribution in [0.3, 0.4) is 0 Å². The van der Waals surface area contributed by atoms with Crippen molar-refractivity contribution < 1.29 is 39.5 Å². The largest absolute Gasteiger partial charge is 0.460 e. The Morgan fingerprint density at radius 3 is 0.929 bits per heavy atom. The van der Waals surface area contributed by atoms with E-state index in [9.17, 15) is 39.5 Å². The Bertz CT molecular complexity index is 186. The van der Waals surface area contributed by atoms with Gasteiger partial charge in [-0.25, -0.2) is 8.78 Å². The van der Waals surface area contributed by atoms with Crippen molar-refractivity contribution in [1.29, 1.82) is 0 Å². The van der Waals surface area contributed by atoms with E-state index in [0.717, 1.165) is 0 Å². The Balaban J connectivity index is 5.30. The third-order valence-electron chi connectivity index (χ3n) is 1.21. The predicted molar refractivity (Wildman–Crippen MR) is 29.4 cm³/mol. The van der Waals surface area contributed by atoms with Crippen molar-refractivity contribution in [2.45, 2.75) is 23.6 Å². The molecule has 0 N–H and O–H groups in total. The molecule has 0 amide bonds. The van der Waals surface area contributed by atoms with E-state index in [1.165, 1.54) is 0 Å². The Hall–Kier alpha value is -0.413. The molecule has 0 aromatic carbocycles. The molecule has 14 heavy (non-hydrogen) atoms. The summed E-state index contributed by atoms with van der Waals surface area (Å²) in [7, 11) is -0.935. The zero-order valence-corrected chi connectivity index (χ0v) is 7.52. The van der Waals surface area contributed by atoms with Gasteiger partial charge in [0.25, 0.3) is 5.55 Å². The molecule has 10 heteroatoms. The van der Waals surface area contributed by atoms with Gasteiger partial charge in [0.15, 0.2) is 0 Å². The molecule has 0 saturated carbocycles. The van der Waals surface area contributed by atoms with Crippen LogP contribution in [0.4, 0.5) is 39.5 Å². The summed E-state index contributed by atoms with van der Waals surface area (Å²) in [5.41, 5.74) is -5.44. The lowest BCUT2D eigenvalue weighted by atomic mass is 10.1. The van der Waals surface area contributed by atoms with Crippen molar-refractivity contribution in [3.8, 4) is 0 Å². The van der Waals surface area contributed by atoms with Crippen molar-refractivity contribution in [3.05, 3.63) is 0 Å². The molecule has 0 atom stereocenters. The van der Waals surface area contributed by atoms with Crippen LogP contribution in [0.5, 0.6) is 0 Å². The van der Waals surface area contributed by atoms with E-state index in [1.807, 2.05) is 0 Å². The van der Waals surface area contributed by atoms with Crippen LogP contribution in [0.15, 0.2) is 0 Å². The van der Waals surface area contributed by atoms with Crippen molar-refractivity contribution in [3.63, 3.8) is 0 Å². The molecule has 0 aliphatic rings. The second-order valence-corrected chi connectivity index (χ2v) is 3.24. The van der Waals surface area contributed by atoms with Gasteiger partial charge in [-0.3, -0.25) is 0 Å². The summed E-state index contributed by atoms with van der Waals surface area (Å²) < 4.78 is 105. The molecular weight excluding hydrogens is 247 g/mol. The fraction of sp³-hybridized carbons (Fsp3) is 1.00. The maximum atomic E-state index is 12.0. The Morgan fingerprint density at radius 1 is 0.571 bits per heavy atom. The van der Waals surface area contributed by atoms with Gasteiger partial charge in [-0.1, -0.05) is 0 Å². The Kier molecular flexibility index (Phi) is 2.95. The maximum Gasteiger partial charge on any atom is 0.460 e. The topological polar surface area (TPSA) is 0 Å². The van der Waals surface area contributed by atoms with E-state index in [1.54, 1.807) is 0 Å². The molecule has 1 radical (unpaired) electrons. The molecule has 85 valence electrons. The van der Waals surface area contributed by atoms with Gasteiger partial charge in [-0.2, -0.15) is 30.7 Å². The lowest BCUT2D eigenvalue weighted by Gasteiger charge is -2.31. The normalized spacial score (nSPS) is 15.9. The van der Waals surface area contributed by atoms with E-state index < -0.39 is 33.8 Å². The van der Waals surface area contributed by atoms with Gasteiger partial charge in [0.05, 0.1) is 0 Å². The van der Waals surface area contributed by atoms with E-state index >= 15 is 0 Å². The molecule has 0 aliphatic carbocycles. The quantitative estimate of drug-likeness (QED) is 0.519. The van der Waals surface area contributed by atoms with Crippen LogP contribution in [0.1, 0.15) is 0 Å². The minimum absolute atomic E-state index is 0.935. The average molecular weight is 249 g/mol. The summed E-state index contributed by atoms with van der Waals surface area (Å²) in [5, 5.41) is 0. The number of halogens is 9. The number of hydrogen-bond donors (Lipinski definition) is 0. The average Bonchev–Trinajstić information content (AvgIpc) is 1.81. The summed E-state index contributed by atoms with van der Waals surface area (Å²) in [6.07, 6.45) is -6.72.